The lowest BCUT2D eigenvalue weighted by atomic mass is 10.3. The lowest BCUT2D eigenvalue weighted by Gasteiger charge is -2.11. The highest BCUT2D eigenvalue weighted by molar-refractivity contribution is 7.80. The molecule has 7 nitrogen and oxygen atoms in total. The molecule has 0 radical (unpaired) electrons. The van der Waals surface area contributed by atoms with E-state index in [-0.39, 0.29) is 16.6 Å². The van der Waals surface area contributed by atoms with Gasteiger partial charge in [-0.05, 0) is 62.7 Å². The Labute approximate surface area is 154 Å². The molecular formula is C16H18F2N4O3S. The second-order valence-corrected chi connectivity index (χ2v) is 5.85. The summed E-state index contributed by atoms with van der Waals surface area (Å²) in [5.74, 6) is 0.349. The van der Waals surface area contributed by atoms with E-state index in [0.29, 0.717) is 18.0 Å². The first-order valence-corrected chi connectivity index (χ1v) is 7.90. The Kier molecular flexibility index (Phi) is 6.87. The van der Waals surface area contributed by atoms with Crippen LogP contribution >= 0.6 is 12.2 Å². The number of nitrogens with one attached hydrogen (secondary N) is 3. The van der Waals surface area contributed by atoms with Crippen molar-refractivity contribution in [2.45, 2.75) is 13.2 Å². The monoisotopic (exact) mass is 384 g/mol. The summed E-state index contributed by atoms with van der Waals surface area (Å²) < 4.78 is 33.9. The number of carbonyl (C=O) groups excluding carboxylic acids is 1. The second kappa shape index (κ2) is 9.11. The van der Waals surface area contributed by atoms with Crippen molar-refractivity contribution in [1.82, 2.24) is 15.8 Å². The average molecular weight is 384 g/mol. The topological polar surface area (TPSA) is 78.8 Å². The van der Waals surface area contributed by atoms with E-state index in [1.54, 1.807) is 12.1 Å². The molecule has 1 amide bonds. The normalized spacial score (nSPS) is 10.7. The van der Waals surface area contributed by atoms with Gasteiger partial charge in [0.25, 0.3) is 0 Å². The second-order valence-electron chi connectivity index (χ2n) is 5.44. The number of hydrogen-bond acceptors (Lipinski definition) is 5. The van der Waals surface area contributed by atoms with Gasteiger partial charge in [-0.2, -0.15) is 8.78 Å². The molecule has 0 aliphatic carbocycles. The predicted octanol–water partition coefficient (Wildman–Crippen LogP) is 2.57. The van der Waals surface area contributed by atoms with Crippen LogP contribution in [0.4, 0.5) is 14.5 Å². The van der Waals surface area contributed by atoms with Gasteiger partial charge in [-0.1, -0.05) is 0 Å². The first-order chi connectivity index (χ1) is 12.3. The van der Waals surface area contributed by atoms with Crippen molar-refractivity contribution in [1.29, 1.82) is 0 Å². The zero-order valence-corrected chi connectivity index (χ0v) is 14.9. The van der Waals surface area contributed by atoms with Gasteiger partial charge in [-0.3, -0.25) is 15.6 Å². The van der Waals surface area contributed by atoms with Gasteiger partial charge in [-0.15, -0.1) is 0 Å². The summed E-state index contributed by atoms with van der Waals surface area (Å²) in [5, 5.41) is 2.90. The van der Waals surface area contributed by atoms with Crippen molar-refractivity contribution in [3.05, 3.63) is 47.9 Å². The summed E-state index contributed by atoms with van der Waals surface area (Å²) in [6.07, 6.45) is 0. The molecule has 2 aromatic rings. The third-order valence-corrected chi connectivity index (χ3v) is 3.19. The molecule has 0 fully saturated rings. The number of ether oxygens (including phenoxy) is 1. The van der Waals surface area contributed by atoms with Crippen LogP contribution in [0.15, 0.2) is 40.8 Å². The maximum Gasteiger partial charge on any atom is 0.387 e. The summed E-state index contributed by atoms with van der Waals surface area (Å²) in [6.45, 7) is -2.31. The number of alkyl halides is 2. The average Bonchev–Trinajstić information content (AvgIpc) is 3.02. The number of nitrogens with zero attached hydrogens (tertiary/aromatic N) is 1. The molecule has 0 atom stereocenters. The molecule has 3 N–H and O–H groups in total. The van der Waals surface area contributed by atoms with E-state index in [0.717, 1.165) is 0 Å². The number of furan rings is 1. The minimum absolute atomic E-state index is 0.0316. The number of benzene rings is 1. The Bertz CT molecular complexity index is 750. The van der Waals surface area contributed by atoms with Gasteiger partial charge in [-0.25, -0.2) is 0 Å². The van der Waals surface area contributed by atoms with E-state index >= 15 is 0 Å². The summed E-state index contributed by atoms with van der Waals surface area (Å²) in [4.78, 5) is 13.9. The standard InChI is InChI=1S/C16H18F2N4O3S/c1-22(2)9-12-7-8-13(24-12)14(23)20-21-16(26)19-10-3-5-11(6-4-10)25-15(17)18/h3-8,15H,9H2,1-2H3,(H,20,23)(H2,19,21,26). The maximum atomic E-state index is 12.1. The number of halogens is 2. The highest BCUT2D eigenvalue weighted by Crippen LogP contribution is 2.17. The van der Waals surface area contributed by atoms with Crippen LogP contribution in [0.25, 0.3) is 0 Å². The Morgan fingerprint density at radius 1 is 1.19 bits per heavy atom. The van der Waals surface area contributed by atoms with Crippen LogP contribution < -0.4 is 20.9 Å². The predicted molar refractivity (Wildman–Crippen MR) is 96.0 cm³/mol. The van der Waals surface area contributed by atoms with Crippen LogP contribution in [0.3, 0.4) is 0 Å². The largest absolute Gasteiger partial charge is 0.454 e. The first kappa shape index (κ1) is 19.6. The molecule has 0 saturated carbocycles. The van der Waals surface area contributed by atoms with Crippen LogP contribution in [0, 0.1) is 0 Å². The number of anilines is 1. The number of thiocarbonyl (C=S) groups is 1. The van der Waals surface area contributed by atoms with E-state index in [1.165, 1.54) is 24.3 Å². The molecule has 0 unspecified atom stereocenters. The zero-order valence-electron chi connectivity index (χ0n) is 14.1. The van der Waals surface area contributed by atoms with E-state index in [4.69, 9.17) is 16.6 Å². The van der Waals surface area contributed by atoms with Gasteiger partial charge in [0.05, 0.1) is 6.54 Å². The maximum absolute atomic E-state index is 12.1. The Balaban J connectivity index is 1.80. The van der Waals surface area contributed by atoms with Crippen molar-refractivity contribution in [3.8, 4) is 5.75 Å². The number of rotatable bonds is 6. The minimum Gasteiger partial charge on any atom is -0.454 e. The number of carbonyl (C=O) groups is 1. The highest BCUT2D eigenvalue weighted by Gasteiger charge is 2.12. The summed E-state index contributed by atoms with van der Waals surface area (Å²) >= 11 is 5.04. The van der Waals surface area contributed by atoms with Crippen molar-refractivity contribution < 1.29 is 22.7 Å². The number of hydrogen-bond donors (Lipinski definition) is 3. The Hall–Kier alpha value is -2.72. The first-order valence-electron chi connectivity index (χ1n) is 7.49. The Morgan fingerprint density at radius 2 is 1.88 bits per heavy atom. The number of hydrazine groups is 1. The quantitative estimate of drug-likeness (QED) is 0.522. The van der Waals surface area contributed by atoms with Gasteiger partial charge < -0.3 is 19.4 Å². The van der Waals surface area contributed by atoms with E-state index in [1.807, 2.05) is 19.0 Å². The third-order valence-electron chi connectivity index (χ3n) is 2.98. The smallest absolute Gasteiger partial charge is 0.387 e. The van der Waals surface area contributed by atoms with Crippen LogP contribution in [0.2, 0.25) is 0 Å². The lowest BCUT2D eigenvalue weighted by Crippen LogP contribution is -2.43. The van der Waals surface area contributed by atoms with Crippen LogP contribution in [-0.2, 0) is 6.54 Å². The molecule has 0 spiro atoms. The zero-order chi connectivity index (χ0) is 19.1. The van der Waals surface area contributed by atoms with Crippen molar-refractivity contribution in [3.63, 3.8) is 0 Å². The Morgan fingerprint density at radius 3 is 2.50 bits per heavy atom. The fourth-order valence-corrected chi connectivity index (χ4v) is 2.12. The van der Waals surface area contributed by atoms with Crippen LogP contribution in [0.5, 0.6) is 5.75 Å². The third kappa shape index (κ3) is 6.30. The molecule has 1 aromatic carbocycles. The SMILES string of the molecule is CN(C)Cc1ccc(C(=O)NNC(=S)Nc2ccc(OC(F)F)cc2)o1. The summed E-state index contributed by atoms with van der Waals surface area (Å²) in [6, 6.07) is 9.03. The molecule has 1 aromatic heterocycles. The molecular weight excluding hydrogens is 366 g/mol. The molecule has 10 heteroatoms. The van der Waals surface area contributed by atoms with Crippen LogP contribution in [0.1, 0.15) is 16.3 Å². The fraction of sp³-hybridized carbons (Fsp3) is 0.250. The summed E-state index contributed by atoms with van der Waals surface area (Å²) in [5.41, 5.74) is 5.46. The van der Waals surface area contributed by atoms with E-state index < -0.39 is 12.5 Å². The van der Waals surface area contributed by atoms with E-state index in [9.17, 15) is 13.6 Å². The molecule has 0 saturated heterocycles. The van der Waals surface area contributed by atoms with Crippen LogP contribution in [-0.4, -0.2) is 36.6 Å². The molecule has 0 aliphatic rings. The molecule has 140 valence electrons. The van der Waals surface area contributed by atoms with Gasteiger partial charge in [0.15, 0.2) is 10.9 Å². The molecule has 1 heterocycles. The molecule has 0 aliphatic heterocycles. The van der Waals surface area contributed by atoms with Gasteiger partial charge in [0, 0.05) is 5.69 Å². The molecule has 2 rings (SSSR count). The van der Waals surface area contributed by atoms with Gasteiger partial charge in [0.2, 0.25) is 0 Å². The van der Waals surface area contributed by atoms with Crippen molar-refractivity contribution >= 4 is 28.9 Å². The summed E-state index contributed by atoms with van der Waals surface area (Å²) in [7, 11) is 3.78. The van der Waals surface area contributed by atoms with Gasteiger partial charge in [0.1, 0.15) is 11.5 Å². The lowest BCUT2D eigenvalue weighted by molar-refractivity contribution is -0.0498. The molecule has 26 heavy (non-hydrogen) atoms. The fourth-order valence-electron chi connectivity index (χ4n) is 1.95. The van der Waals surface area contributed by atoms with Crippen molar-refractivity contribution in [2.75, 3.05) is 19.4 Å². The minimum atomic E-state index is -2.88. The van der Waals surface area contributed by atoms with Crippen molar-refractivity contribution in [2.24, 2.45) is 0 Å². The number of amides is 1. The highest BCUT2D eigenvalue weighted by atomic mass is 32.1. The van der Waals surface area contributed by atoms with E-state index in [2.05, 4.69) is 20.9 Å². The molecule has 0 bridgehead atoms. The van der Waals surface area contributed by atoms with Gasteiger partial charge >= 0.3 is 12.5 Å².